The first-order valence-electron chi connectivity index (χ1n) is 16.6. The summed E-state index contributed by atoms with van der Waals surface area (Å²) in [6, 6.07) is 46.6. The number of aromatic nitrogens is 1. The van der Waals surface area contributed by atoms with E-state index in [1.54, 1.807) is 0 Å². The average Bonchev–Trinajstić information content (AvgIpc) is 3.98. The van der Waals surface area contributed by atoms with E-state index in [2.05, 4.69) is 146 Å². The van der Waals surface area contributed by atoms with Gasteiger partial charge < -0.3 is 10.3 Å². The number of allylic oxidation sites excluding steroid dienone is 5. The van der Waals surface area contributed by atoms with E-state index in [4.69, 9.17) is 20.3 Å². The molecular weight excluding hydrogens is 650 g/mol. The van der Waals surface area contributed by atoms with Crippen molar-refractivity contribution in [3.05, 3.63) is 207 Å². The summed E-state index contributed by atoms with van der Waals surface area (Å²) in [5.74, 6) is 0. The molecule has 4 nitrogen and oxygen atoms in total. The standard InChI is InChI=1S/C44H32N4.Zn/c1-5-13-29(14-6-1)41-33-21-23-35(45-33)42(30-15-7-2-8-16-30)37-25-27-39(47-37)44(32-19-11-4-12-20-32)40-28-26-38(48-40)43(31-17-9-3-10-18-31)36-24-22-34(41)46-36;/h1-25,27,38,40H,26,28H2;/q-2;+2/b41-33-,42-37-,43-36-,44-39-;. The molecule has 5 heteroatoms. The molecule has 0 amide bonds. The van der Waals surface area contributed by atoms with Crippen LogP contribution in [0.3, 0.4) is 0 Å². The molecule has 1 saturated heterocycles. The van der Waals surface area contributed by atoms with Gasteiger partial charge in [-0.05, 0) is 57.7 Å². The maximum atomic E-state index is 5.59. The van der Waals surface area contributed by atoms with E-state index in [1.807, 2.05) is 12.1 Å². The van der Waals surface area contributed by atoms with Crippen LogP contribution in [0.5, 0.6) is 0 Å². The molecule has 5 heterocycles. The van der Waals surface area contributed by atoms with Crippen LogP contribution in [0.2, 0.25) is 0 Å². The molecule has 1 aromatic heterocycles. The molecule has 230 valence electrons. The molecular formula is C44H32N4Zn. The first kappa shape index (κ1) is 31.1. The third kappa shape index (κ3) is 5.80. The topological polar surface area (TPSA) is 52.9 Å². The molecule has 5 aromatic rings. The van der Waals surface area contributed by atoms with Crippen molar-refractivity contribution >= 4 is 33.7 Å². The molecule has 0 radical (unpaired) electrons. The summed E-state index contributed by atoms with van der Waals surface area (Å²) in [5.41, 5.74) is 12.5. The molecule has 0 N–H and O–H groups in total. The van der Waals surface area contributed by atoms with Crippen LogP contribution < -0.4 is 15.7 Å². The molecule has 4 aromatic carbocycles. The van der Waals surface area contributed by atoms with Crippen LogP contribution in [0.15, 0.2) is 179 Å². The van der Waals surface area contributed by atoms with Gasteiger partial charge >= 0.3 is 19.5 Å². The van der Waals surface area contributed by atoms with E-state index in [0.29, 0.717) is 0 Å². The minimum absolute atomic E-state index is 0. The van der Waals surface area contributed by atoms with Gasteiger partial charge in [0.2, 0.25) is 0 Å². The Labute approximate surface area is 299 Å². The van der Waals surface area contributed by atoms with Crippen LogP contribution in [0.1, 0.15) is 35.1 Å². The second-order valence-electron chi connectivity index (χ2n) is 12.4. The number of hydrogen-bond donors (Lipinski definition) is 0. The Kier molecular flexibility index (Phi) is 8.47. The number of hydrogen-bond acceptors (Lipinski definition) is 2. The SMILES string of the molecule is C1=C/C2=C(\c3ccccc3)C3CCC([N-]3)/C(c3ccccc3)=c3/cc/c([n-]3)=C(\c3ccccc3)C3=N/C(=C(/c4ccccc4)C1=N2)C=C3.[Zn+2]. The van der Waals surface area contributed by atoms with Crippen molar-refractivity contribution in [2.24, 2.45) is 9.98 Å². The van der Waals surface area contributed by atoms with Crippen LogP contribution in [-0.4, -0.2) is 23.5 Å². The molecule has 0 spiro atoms. The smallest absolute Gasteiger partial charge is 0.657 e. The predicted octanol–water partition coefficient (Wildman–Crippen LogP) is 7.80. The van der Waals surface area contributed by atoms with E-state index >= 15 is 0 Å². The largest absolute Gasteiger partial charge is 2.00 e. The summed E-state index contributed by atoms with van der Waals surface area (Å²) in [6.07, 6.45) is 10.4. The summed E-state index contributed by atoms with van der Waals surface area (Å²) in [6.45, 7) is 0. The molecule has 1 fully saturated rings. The molecule has 8 bridgehead atoms. The van der Waals surface area contributed by atoms with Gasteiger partial charge in [0.05, 0.1) is 22.8 Å². The monoisotopic (exact) mass is 680 g/mol. The van der Waals surface area contributed by atoms with Crippen LogP contribution in [0, 0.1) is 0 Å². The molecule has 2 atom stereocenters. The molecule has 0 saturated carbocycles. The van der Waals surface area contributed by atoms with Crippen molar-refractivity contribution in [3.63, 3.8) is 0 Å². The molecule has 49 heavy (non-hydrogen) atoms. The first-order chi connectivity index (χ1) is 23.8. The maximum Gasteiger partial charge on any atom is 2.00 e. The van der Waals surface area contributed by atoms with Gasteiger partial charge in [-0.15, -0.1) is 22.8 Å². The Balaban J connectivity index is 0.00000348. The maximum absolute atomic E-state index is 5.59. The van der Waals surface area contributed by atoms with E-state index in [0.717, 1.165) is 79.8 Å². The second-order valence-corrected chi connectivity index (χ2v) is 12.4. The molecule has 2 unspecified atom stereocenters. The predicted molar refractivity (Wildman–Crippen MR) is 197 cm³/mol. The summed E-state index contributed by atoms with van der Waals surface area (Å²) in [5, 5.41) is 7.45. The van der Waals surface area contributed by atoms with E-state index in [1.165, 1.54) is 11.1 Å². The van der Waals surface area contributed by atoms with Crippen LogP contribution >= 0.6 is 0 Å². The van der Waals surface area contributed by atoms with Gasteiger partial charge in [-0.2, -0.15) is 0 Å². The zero-order chi connectivity index (χ0) is 31.9. The number of benzene rings is 4. The van der Waals surface area contributed by atoms with Gasteiger partial charge in [0.15, 0.2) is 0 Å². The summed E-state index contributed by atoms with van der Waals surface area (Å²) in [4.78, 5) is 16.1. The summed E-state index contributed by atoms with van der Waals surface area (Å²) < 4.78 is 0. The quantitative estimate of drug-likeness (QED) is 0.179. The normalized spacial score (nSPS) is 24.8. The minimum Gasteiger partial charge on any atom is -0.657 e. The van der Waals surface area contributed by atoms with Crippen molar-refractivity contribution < 1.29 is 19.5 Å². The van der Waals surface area contributed by atoms with Gasteiger partial charge in [0, 0.05) is 5.57 Å². The number of rotatable bonds is 4. The Hall–Kier alpha value is -5.22. The minimum atomic E-state index is -0.00327. The number of nitrogens with zero attached hydrogens (tertiary/aromatic N) is 4. The van der Waals surface area contributed by atoms with Crippen LogP contribution in [0.25, 0.3) is 27.6 Å². The van der Waals surface area contributed by atoms with Gasteiger partial charge in [-0.1, -0.05) is 152 Å². The fraction of sp³-hybridized carbons (Fsp3) is 0.0909. The summed E-state index contributed by atoms with van der Waals surface area (Å²) in [7, 11) is 0. The zero-order valence-corrected chi connectivity index (χ0v) is 30.0. The van der Waals surface area contributed by atoms with Crippen LogP contribution in [-0.2, 0) is 19.5 Å². The molecule has 4 aliphatic rings. The van der Waals surface area contributed by atoms with Gasteiger partial charge in [-0.3, -0.25) is 0 Å². The zero-order valence-electron chi connectivity index (χ0n) is 27.1. The fourth-order valence-electron chi connectivity index (χ4n) is 7.38. The Morgan fingerprint density at radius 1 is 0.429 bits per heavy atom. The van der Waals surface area contributed by atoms with Crippen molar-refractivity contribution in [2.45, 2.75) is 24.9 Å². The Morgan fingerprint density at radius 3 is 1.49 bits per heavy atom. The molecule has 9 rings (SSSR count). The Morgan fingerprint density at radius 2 is 0.878 bits per heavy atom. The first-order valence-corrected chi connectivity index (χ1v) is 16.6. The number of aliphatic imine (C=N–C) groups is 2. The fourth-order valence-corrected chi connectivity index (χ4v) is 7.38. The summed E-state index contributed by atoms with van der Waals surface area (Å²) >= 11 is 0. The third-order valence-corrected chi connectivity index (χ3v) is 9.53. The van der Waals surface area contributed by atoms with E-state index in [-0.39, 0.29) is 31.6 Å². The second kappa shape index (κ2) is 13.4. The van der Waals surface area contributed by atoms with Crippen molar-refractivity contribution in [2.75, 3.05) is 0 Å². The Bertz CT molecular complexity index is 2340. The van der Waals surface area contributed by atoms with Gasteiger partial charge in [0.1, 0.15) is 0 Å². The molecule has 4 aliphatic heterocycles. The van der Waals surface area contributed by atoms with Gasteiger partial charge in [0.25, 0.3) is 0 Å². The average molecular weight is 682 g/mol. The van der Waals surface area contributed by atoms with E-state index in [9.17, 15) is 0 Å². The van der Waals surface area contributed by atoms with E-state index < -0.39 is 0 Å². The number of fused-ring (bicyclic) bond motifs is 6. The van der Waals surface area contributed by atoms with Crippen molar-refractivity contribution in [1.82, 2.24) is 4.98 Å². The molecule has 0 aliphatic carbocycles. The van der Waals surface area contributed by atoms with Crippen molar-refractivity contribution in [3.8, 4) is 0 Å². The van der Waals surface area contributed by atoms with Crippen LogP contribution in [0.4, 0.5) is 0 Å². The third-order valence-electron chi connectivity index (χ3n) is 9.53. The van der Waals surface area contributed by atoms with Gasteiger partial charge in [-0.25, -0.2) is 9.98 Å². The van der Waals surface area contributed by atoms with Crippen molar-refractivity contribution in [1.29, 1.82) is 0 Å².